The number of nitrogens with one attached hydrogen (secondary N) is 1. The minimum atomic E-state index is -0.916. The van der Waals surface area contributed by atoms with Gasteiger partial charge in [0.1, 0.15) is 11.5 Å². The molecule has 7 nitrogen and oxygen atoms in total. The molecule has 0 unspecified atom stereocenters. The summed E-state index contributed by atoms with van der Waals surface area (Å²) in [7, 11) is 0. The van der Waals surface area contributed by atoms with E-state index in [1.165, 1.54) is 13.2 Å². The first-order valence-corrected chi connectivity index (χ1v) is 8.66. The Morgan fingerprint density at radius 1 is 1.15 bits per heavy atom. The van der Waals surface area contributed by atoms with Crippen molar-refractivity contribution in [1.29, 1.82) is 0 Å². The van der Waals surface area contributed by atoms with Crippen molar-refractivity contribution in [2.45, 2.75) is 40.0 Å². The van der Waals surface area contributed by atoms with Crippen LogP contribution in [0.2, 0.25) is 0 Å². The first kappa shape index (κ1) is 18.6. The van der Waals surface area contributed by atoms with Crippen LogP contribution in [0.5, 0.6) is 0 Å². The first-order valence-electron chi connectivity index (χ1n) is 8.66. The maximum absolute atomic E-state index is 12.5. The molecule has 3 rings (SSSR count). The lowest BCUT2D eigenvalue weighted by atomic mass is 10.2. The van der Waals surface area contributed by atoms with Gasteiger partial charge in [0.05, 0.1) is 31.2 Å². The number of carbonyl (C=O) groups is 2. The molecule has 0 saturated heterocycles. The summed E-state index contributed by atoms with van der Waals surface area (Å²) in [6, 6.07) is 8.95. The fourth-order valence-corrected chi connectivity index (χ4v) is 2.82. The van der Waals surface area contributed by atoms with Crippen LogP contribution in [-0.2, 0) is 22.6 Å². The molecule has 0 aromatic carbocycles. The average Bonchev–Trinajstić information content (AvgIpc) is 3.38. The molecule has 1 atom stereocenters. The lowest BCUT2D eigenvalue weighted by Crippen LogP contribution is -2.35. The van der Waals surface area contributed by atoms with Crippen molar-refractivity contribution in [1.82, 2.24) is 9.88 Å². The molecule has 3 aromatic heterocycles. The number of aromatic nitrogens is 1. The highest BCUT2D eigenvalue weighted by atomic mass is 16.5. The highest BCUT2D eigenvalue weighted by molar-refractivity contribution is 5.93. The number of nitrogens with zero attached hydrogens (tertiary/aromatic N) is 1. The molecule has 3 heterocycles. The van der Waals surface area contributed by atoms with Gasteiger partial charge in [-0.3, -0.25) is 4.79 Å². The van der Waals surface area contributed by atoms with Gasteiger partial charge in [0.2, 0.25) is 0 Å². The van der Waals surface area contributed by atoms with E-state index in [0.717, 1.165) is 17.1 Å². The number of amides is 1. The smallest absolute Gasteiger partial charge is 0.340 e. The molecule has 7 heteroatoms. The topological polar surface area (TPSA) is 86.6 Å². The molecule has 3 aromatic rings. The molecule has 0 spiro atoms. The normalized spacial score (nSPS) is 12.0. The van der Waals surface area contributed by atoms with Crippen LogP contribution in [0.4, 0.5) is 0 Å². The van der Waals surface area contributed by atoms with Gasteiger partial charge in [-0.1, -0.05) is 0 Å². The molecule has 1 N–H and O–H groups in total. The van der Waals surface area contributed by atoms with Gasteiger partial charge in [0.25, 0.3) is 5.91 Å². The second-order valence-electron chi connectivity index (χ2n) is 6.30. The summed E-state index contributed by atoms with van der Waals surface area (Å²) in [4.78, 5) is 24.6. The summed E-state index contributed by atoms with van der Waals surface area (Å²) >= 11 is 0. The van der Waals surface area contributed by atoms with Crippen LogP contribution in [0.15, 0.2) is 51.7 Å². The van der Waals surface area contributed by atoms with Crippen molar-refractivity contribution in [3.05, 3.63) is 71.3 Å². The Balaban J connectivity index is 1.62. The van der Waals surface area contributed by atoms with Crippen LogP contribution in [0, 0.1) is 13.8 Å². The Bertz CT molecular complexity index is 907. The monoisotopic (exact) mass is 370 g/mol. The van der Waals surface area contributed by atoms with Crippen LogP contribution < -0.4 is 5.32 Å². The van der Waals surface area contributed by atoms with Crippen LogP contribution >= 0.6 is 0 Å². The number of hydrogen-bond acceptors (Lipinski definition) is 5. The van der Waals surface area contributed by atoms with E-state index in [1.807, 2.05) is 30.5 Å². The summed E-state index contributed by atoms with van der Waals surface area (Å²) in [6.07, 6.45) is 2.23. The fourth-order valence-electron chi connectivity index (χ4n) is 2.82. The predicted molar refractivity (Wildman–Crippen MR) is 97.1 cm³/mol. The zero-order valence-corrected chi connectivity index (χ0v) is 15.5. The molecular formula is C20H22N2O5. The SMILES string of the molecule is Cc1cc(C(=O)O[C@H](C)C(=O)NCc2ccco2)c(C)n1Cc1ccco1. The van der Waals surface area contributed by atoms with E-state index >= 15 is 0 Å². The Kier molecular flexibility index (Phi) is 5.49. The van der Waals surface area contributed by atoms with Crippen LogP contribution in [-0.4, -0.2) is 22.5 Å². The molecule has 0 aliphatic rings. The van der Waals surface area contributed by atoms with E-state index in [1.54, 1.807) is 24.5 Å². The van der Waals surface area contributed by atoms with E-state index < -0.39 is 12.1 Å². The Morgan fingerprint density at radius 2 is 1.81 bits per heavy atom. The number of rotatable bonds is 7. The number of furan rings is 2. The maximum Gasteiger partial charge on any atom is 0.340 e. The standard InChI is InChI=1S/C20H22N2O5/c1-13-10-18(14(2)22(13)12-17-7-5-9-26-17)20(24)27-15(3)19(23)21-11-16-6-4-8-25-16/h4-10,15H,11-12H2,1-3H3,(H,21,23)/t15-/m1/s1. The molecule has 0 radical (unpaired) electrons. The van der Waals surface area contributed by atoms with Crippen molar-refractivity contribution in [3.8, 4) is 0 Å². The molecular weight excluding hydrogens is 348 g/mol. The highest BCUT2D eigenvalue weighted by Crippen LogP contribution is 2.19. The summed E-state index contributed by atoms with van der Waals surface area (Å²) < 4.78 is 17.8. The number of ether oxygens (including phenoxy) is 1. The van der Waals surface area contributed by atoms with Gasteiger partial charge in [-0.25, -0.2) is 4.79 Å². The number of esters is 1. The van der Waals surface area contributed by atoms with E-state index in [4.69, 9.17) is 13.6 Å². The van der Waals surface area contributed by atoms with E-state index in [-0.39, 0.29) is 12.5 Å². The molecule has 0 aliphatic carbocycles. The summed E-state index contributed by atoms with van der Waals surface area (Å²) in [5, 5.41) is 2.68. The molecule has 0 fully saturated rings. The van der Waals surface area contributed by atoms with Gasteiger partial charge in [-0.05, 0) is 51.1 Å². The van der Waals surface area contributed by atoms with E-state index in [0.29, 0.717) is 17.9 Å². The van der Waals surface area contributed by atoms with Crippen molar-refractivity contribution >= 4 is 11.9 Å². The second-order valence-corrected chi connectivity index (χ2v) is 6.30. The summed E-state index contributed by atoms with van der Waals surface area (Å²) in [6.45, 7) is 6.06. The lowest BCUT2D eigenvalue weighted by Gasteiger charge is -2.13. The predicted octanol–water partition coefficient (Wildman–Crippen LogP) is 3.20. The lowest BCUT2D eigenvalue weighted by molar-refractivity contribution is -0.129. The zero-order chi connectivity index (χ0) is 19.4. The van der Waals surface area contributed by atoms with E-state index in [2.05, 4.69) is 5.32 Å². The van der Waals surface area contributed by atoms with Gasteiger partial charge >= 0.3 is 5.97 Å². The number of hydrogen-bond donors (Lipinski definition) is 1. The number of carbonyl (C=O) groups excluding carboxylic acids is 2. The molecule has 0 aliphatic heterocycles. The first-order chi connectivity index (χ1) is 13.0. The maximum atomic E-state index is 12.5. The molecule has 27 heavy (non-hydrogen) atoms. The third-order valence-electron chi connectivity index (χ3n) is 4.36. The van der Waals surface area contributed by atoms with Crippen molar-refractivity contribution < 1.29 is 23.2 Å². The third-order valence-corrected chi connectivity index (χ3v) is 4.36. The minimum absolute atomic E-state index is 0.241. The van der Waals surface area contributed by atoms with Crippen LogP contribution in [0.3, 0.4) is 0 Å². The van der Waals surface area contributed by atoms with Gasteiger partial charge in [-0.2, -0.15) is 0 Å². The van der Waals surface area contributed by atoms with Crippen molar-refractivity contribution in [3.63, 3.8) is 0 Å². The van der Waals surface area contributed by atoms with Gasteiger partial charge in [0.15, 0.2) is 6.10 Å². The Labute approximate surface area is 156 Å². The summed E-state index contributed by atoms with van der Waals surface area (Å²) in [5.41, 5.74) is 2.10. The second kappa shape index (κ2) is 7.99. The van der Waals surface area contributed by atoms with Crippen LogP contribution in [0.1, 0.15) is 40.2 Å². The fraction of sp³-hybridized carbons (Fsp3) is 0.300. The quantitative estimate of drug-likeness (QED) is 0.646. The summed E-state index contributed by atoms with van der Waals surface area (Å²) in [5.74, 6) is 0.504. The minimum Gasteiger partial charge on any atom is -0.467 e. The Morgan fingerprint density at radius 3 is 2.44 bits per heavy atom. The van der Waals surface area contributed by atoms with Gasteiger partial charge in [-0.15, -0.1) is 0 Å². The van der Waals surface area contributed by atoms with E-state index in [9.17, 15) is 9.59 Å². The van der Waals surface area contributed by atoms with Gasteiger partial charge in [0, 0.05) is 11.4 Å². The molecule has 0 bridgehead atoms. The molecule has 0 saturated carbocycles. The number of aryl methyl sites for hydroxylation is 1. The molecule has 142 valence electrons. The van der Waals surface area contributed by atoms with Crippen molar-refractivity contribution in [2.24, 2.45) is 0 Å². The average molecular weight is 370 g/mol. The Hall–Kier alpha value is -3.22. The van der Waals surface area contributed by atoms with Crippen molar-refractivity contribution in [2.75, 3.05) is 0 Å². The molecule has 1 amide bonds. The van der Waals surface area contributed by atoms with Gasteiger partial charge < -0.3 is 23.5 Å². The highest BCUT2D eigenvalue weighted by Gasteiger charge is 2.23. The third kappa shape index (κ3) is 4.31. The largest absolute Gasteiger partial charge is 0.467 e. The zero-order valence-electron chi connectivity index (χ0n) is 15.5. The van der Waals surface area contributed by atoms with Crippen LogP contribution in [0.25, 0.3) is 0 Å².